The number of pyridine rings is 1. The molecule has 0 amide bonds. The van der Waals surface area contributed by atoms with Crippen molar-refractivity contribution in [2.75, 3.05) is 6.54 Å². The quantitative estimate of drug-likeness (QED) is 0.611. The fourth-order valence-corrected chi connectivity index (χ4v) is 2.25. The average Bonchev–Trinajstić information content (AvgIpc) is 2.38. The molecule has 1 aromatic rings. The summed E-state index contributed by atoms with van der Waals surface area (Å²) in [6.45, 7) is 0.521. The molecule has 1 aliphatic heterocycles. The molecule has 1 aromatic heterocycles. The lowest BCUT2D eigenvalue weighted by Gasteiger charge is -2.25. The summed E-state index contributed by atoms with van der Waals surface area (Å²) in [5.41, 5.74) is -0.693. The molecule has 108 valence electrons. The summed E-state index contributed by atoms with van der Waals surface area (Å²) in [6, 6.07) is 0.897. The van der Waals surface area contributed by atoms with E-state index >= 15 is 0 Å². The molecule has 0 radical (unpaired) electrons. The number of aromatic nitrogens is 1. The Bertz CT molecular complexity index is 541. The van der Waals surface area contributed by atoms with Crippen molar-refractivity contribution in [2.24, 2.45) is 0 Å². The van der Waals surface area contributed by atoms with Gasteiger partial charge in [0.2, 0.25) is 0 Å². The molecule has 0 aliphatic carbocycles. The number of rotatable bonds is 3. The second-order valence-corrected chi connectivity index (χ2v) is 5.09. The molecule has 1 aliphatic rings. The van der Waals surface area contributed by atoms with Crippen molar-refractivity contribution in [3.8, 4) is 0 Å². The molecule has 1 unspecified atom stereocenters. The number of hydrogen-bond acceptors (Lipinski definition) is 2. The van der Waals surface area contributed by atoms with Gasteiger partial charge in [-0.05, 0) is 18.2 Å². The topological polar surface area (TPSA) is 16.1 Å². The maximum Gasteiger partial charge on any atom is 0.417 e. The highest BCUT2D eigenvalue weighted by molar-refractivity contribution is 6.31. The van der Waals surface area contributed by atoms with Gasteiger partial charge in [0.1, 0.15) is 5.50 Å². The maximum absolute atomic E-state index is 12.5. The summed E-state index contributed by atoms with van der Waals surface area (Å²) in [5.74, 6) is 0. The highest BCUT2D eigenvalue weighted by Gasteiger charge is 2.31. The molecule has 2 heterocycles. The highest BCUT2D eigenvalue weighted by Crippen LogP contribution is 2.31. The van der Waals surface area contributed by atoms with Gasteiger partial charge in [-0.15, -0.1) is 0 Å². The van der Waals surface area contributed by atoms with E-state index in [1.807, 2.05) is 29.3 Å². The zero-order valence-electron chi connectivity index (χ0n) is 10.2. The number of halogens is 5. The first-order valence-corrected chi connectivity index (χ1v) is 6.66. The molecule has 0 saturated heterocycles. The predicted molar refractivity (Wildman–Crippen MR) is 72.6 cm³/mol. The first-order chi connectivity index (χ1) is 9.38. The Labute approximate surface area is 124 Å². The predicted octanol–water partition coefficient (Wildman–Crippen LogP) is 4.25. The van der Waals surface area contributed by atoms with Gasteiger partial charge >= 0.3 is 6.18 Å². The van der Waals surface area contributed by atoms with Crippen LogP contribution in [0.4, 0.5) is 13.2 Å². The summed E-state index contributed by atoms with van der Waals surface area (Å²) in [6.07, 6.45) is 4.07. The average molecular weight is 323 g/mol. The van der Waals surface area contributed by atoms with E-state index in [9.17, 15) is 13.2 Å². The Balaban J connectivity index is 2.04. The summed E-state index contributed by atoms with van der Waals surface area (Å²) >= 11 is 11.9. The molecule has 7 heteroatoms. The molecular weight excluding hydrogens is 312 g/mol. The number of hydrogen-bond donors (Lipinski definition) is 0. The van der Waals surface area contributed by atoms with E-state index in [1.54, 1.807) is 0 Å². The number of allylic oxidation sites excluding steroid dienone is 2. The first-order valence-electron chi connectivity index (χ1n) is 5.84. The van der Waals surface area contributed by atoms with Crippen LogP contribution < -0.4 is 0 Å². The largest absolute Gasteiger partial charge is 0.417 e. The smallest absolute Gasteiger partial charge is 0.358 e. The van der Waals surface area contributed by atoms with Crippen LogP contribution in [0, 0.1) is 0 Å². The third kappa shape index (κ3) is 3.67. The minimum atomic E-state index is -4.43. The van der Waals surface area contributed by atoms with Gasteiger partial charge in [-0.2, -0.15) is 13.2 Å². The van der Waals surface area contributed by atoms with Gasteiger partial charge < -0.3 is 4.90 Å². The molecule has 1 atom stereocenters. The molecule has 2 rings (SSSR count). The van der Waals surface area contributed by atoms with Gasteiger partial charge in [-0.25, -0.2) is 0 Å². The fourth-order valence-electron chi connectivity index (χ4n) is 1.75. The van der Waals surface area contributed by atoms with Crippen molar-refractivity contribution < 1.29 is 13.2 Å². The van der Waals surface area contributed by atoms with Gasteiger partial charge in [0.05, 0.1) is 16.3 Å². The number of nitrogens with zero attached hydrogens (tertiary/aromatic N) is 2. The van der Waals surface area contributed by atoms with Crippen LogP contribution in [-0.2, 0) is 12.6 Å². The van der Waals surface area contributed by atoms with Crippen molar-refractivity contribution in [1.82, 2.24) is 9.88 Å². The molecule has 0 saturated carbocycles. The fraction of sp³-hybridized carbons (Fsp3) is 0.308. The Kier molecular flexibility index (Phi) is 4.60. The van der Waals surface area contributed by atoms with Crippen LogP contribution >= 0.6 is 23.2 Å². The monoisotopic (exact) mass is 322 g/mol. The van der Waals surface area contributed by atoms with E-state index in [0.717, 1.165) is 12.3 Å². The Hall–Kier alpha value is -1.20. The molecule has 20 heavy (non-hydrogen) atoms. The van der Waals surface area contributed by atoms with Crippen LogP contribution in [-0.4, -0.2) is 21.9 Å². The van der Waals surface area contributed by atoms with Crippen LogP contribution in [0.1, 0.15) is 11.3 Å². The van der Waals surface area contributed by atoms with Crippen molar-refractivity contribution >= 4 is 23.2 Å². The second-order valence-electron chi connectivity index (χ2n) is 4.24. The number of alkyl halides is 4. The van der Waals surface area contributed by atoms with E-state index in [1.165, 1.54) is 0 Å². The Morgan fingerprint density at radius 1 is 1.30 bits per heavy atom. The normalized spacial score (nSPS) is 18.6. The minimum Gasteiger partial charge on any atom is -0.358 e. The van der Waals surface area contributed by atoms with Gasteiger partial charge in [0.15, 0.2) is 0 Å². The van der Waals surface area contributed by atoms with E-state index in [2.05, 4.69) is 4.98 Å². The highest BCUT2D eigenvalue weighted by atomic mass is 35.5. The van der Waals surface area contributed by atoms with Gasteiger partial charge in [0, 0.05) is 25.4 Å². The van der Waals surface area contributed by atoms with Crippen molar-refractivity contribution in [3.05, 3.63) is 53.0 Å². The molecule has 0 fully saturated rings. The van der Waals surface area contributed by atoms with E-state index in [-0.39, 0.29) is 10.5 Å². The van der Waals surface area contributed by atoms with Crippen LogP contribution in [0.3, 0.4) is 0 Å². The Morgan fingerprint density at radius 3 is 2.65 bits per heavy atom. The lowest BCUT2D eigenvalue weighted by Crippen LogP contribution is -2.28. The standard InChI is InChI=1S/C13H11Cl2F3N2/c14-10-7-9(13(16,17)18)8-19-11(10)4-6-20-5-2-1-3-12(20)15/h1-3,5,7-8,12H,4,6H2. The van der Waals surface area contributed by atoms with Crippen LogP contribution in [0.25, 0.3) is 0 Å². The van der Waals surface area contributed by atoms with Crippen molar-refractivity contribution in [2.45, 2.75) is 18.1 Å². The Morgan fingerprint density at radius 2 is 2.05 bits per heavy atom. The van der Waals surface area contributed by atoms with Crippen molar-refractivity contribution in [3.63, 3.8) is 0 Å². The van der Waals surface area contributed by atoms with Crippen molar-refractivity contribution in [1.29, 1.82) is 0 Å². The van der Waals surface area contributed by atoms with Crippen LogP contribution in [0.15, 0.2) is 36.7 Å². The molecule has 2 nitrogen and oxygen atoms in total. The van der Waals surface area contributed by atoms with Crippen LogP contribution in [0.2, 0.25) is 5.02 Å². The minimum absolute atomic E-state index is 0.0162. The third-order valence-corrected chi connectivity index (χ3v) is 3.55. The molecular formula is C13H11Cl2F3N2. The summed E-state index contributed by atoms with van der Waals surface area (Å²) in [7, 11) is 0. The first kappa shape index (κ1) is 15.2. The van der Waals surface area contributed by atoms with E-state index < -0.39 is 11.7 Å². The molecule has 0 spiro atoms. The molecule has 0 N–H and O–H groups in total. The summed E-state index contributed by atoms with van der Waals surface area (Å²) < 4.78 is 37.5. The summed E-state index contributed by atoms with van der Waals surface area (Å²) in [5, 5.41) is 0.0162. The lowest BCUT2D eigenvalue weighted by atomic mass is 10.2. The lowest BCUT2D eigenvalue weighted by molar-refractivity contribution is -0.137. The zero-order chi connectivity index (χ0) is 14.8. The van der Waals surface area contributed by atoms with Gasteiger partial charge in [-0.3, -0.25) is 4.98 Å². The molecule has 0 bridgehead atoms. The zero-order valence-corrected chi connectivity index (χ0v) is 11.8. The SMILES string of the molecule is FC(F)(F)c1cnc(CCN2C=CC=CC2Cl)c(Cl)c1. The van der Waals surface area contributed by atoms with Gasteiger partial charge in [0.25, 0.3) is 0 Å². The second kappa shape index (κ2) is 6.06. The van der Waals surface area contributed by atoms with Gasteiger partial charge in [-0.1, -0.05) is 29.3 Å². The van der Waals surface area contributed by atoms with E-state index in [0.29, 0.717) is 18.7 Å². The summed E-state index contributed by atoms with van der Waals surface area (Å²) in [4.78, 5) is 5.63. The third-order valence-electron chi connectivity index (χ3n) is 2.83. The van der Waals surface area contributed by atoms with E-state index in [4.69, 9.17) is 23.2 Å². The maximum atomic E-state index is 12.5. The van der Waals surface area contributed by atoms with Crippen LogP contribution in [0.5, 0.6) is 0 Å². The molecule has 0 aromatic carbocycles.